The third kappa shape index (κ3) is 4.41. The second kappa shape index (κ2) is 8.24. The smallest absolute Gasteiger partial charge is 0.251 e. The lowest BCUT2D eigenvalue weighted by molar-refractivity contribution is 0.0950. The maximum atomic E-state index is 13.4. The number of pyridine rings is 3. The molecule has 0 unspecified atom stereocenters. The summed E-state index contributed by atoms with van der Waals surface area (Å²) in [7, 11) is 0. The maximum absolute atomic E-state index is 13.4. The number of halogens is 1. The third-order valence-electron chi connectivity index (χ3n) is 4.86. The topological polar surface area (TPSA) is 93.8 Å². The predicted octanol–water partition coefficient (Wildman–Crippen LogP) is 3.58. The number of nitrogens with two attached hydrogens (primary N) is 1. The average molecular weight is 401 g/mol. The second-order valence-electron chi connectivity index (χ2n) is 7.11. The van der Waals surface area contributed by atoms with Crippen molar-refractivity contribution < 1.29 is 9.18 Å². The van der Waals surface area contributed by atoms with Crippen LogP contribution in [0.5, 0.6) is 0 Å². The zero-order chi connectivity index (χ0) is 21.1. The van der Waals surface area contributed by atoms with Crippen LogP contribution in [0.25, 0.3) is 10.9 Å². The lowest BCUT2D eigenvalue weighted by Gasteiger charge is -2.09. The van der Waals surface area contributed by atoms with Crippen molar-refractivity contribution in [3.8, 4) is 0 Å². The largest absolute Gasteiger partial charge is 0.384 e. The standard InChI is InChI=1S/C23H20FN5O/c1-14-6-22(25)28-11-18(14)12-29-23(30)16-4-5-26-20(10-16)8-15-2-3-21-17(7-15)9-19(24)13-27-21/h2-7,9-11,13H,8,12H2,1H3,(H2,25,28)(H,29,30). The number of carbonyl (C=O) groups excluding carboxylic acids is 1. The summed E-state index contributed by atoms with van der Waals surface area (Å²) in [6, 6.07) is 12.3. The van der Waals surface area contributed by atoms with Crippen molar-refractivity contribution in [1.29, 1.82) is 0 Å². The fourth-order valence-corrected chi connectivity index (χ4v) is 3.26. The van der Waals surface area contributed by atoms with Crippen LogP contribution in [0.4, 0.5) is 10.2 Å². The number of rotatable bonds is 5. The van der Waals surface area contributed by atoms with E-state index in [1.54, 1.807) is 30.6 Å². The zero-order valence-electron chi connectivity index (χ0n) is 16.4. The molecule has 0 aliphatic rings. The average Bonchev–Trinajstić information content (AvgIpc) is 2.73. The van der Waals surface area contributed by atoms with Gasteiger partial charge in [-0.2, -0.15) is 0 Å². The van der Waals surface area contributed by atoms with Crippen molar-refractivity contribution in [3.05, 3.63) is 94.8 Å². The van der Waals surface area contributed by atoms with Crippen molar-refractivity contribution in [1.82, 2.24) is 20.3 Å². The molecule has 0 saturated heterocycles. The molecule has 0 radical (unpaired) electrons. The minimum Gasteiger partial charge on any atom is -0.384 e. The third-order valence-corrected chi connectivity index (χ3v) is 4.86. The highest BCUT2D eigenvalue weighted by Gasteiger charge is 2.09. The van der Waals surface area contributed by atoms with Gasteiger partial charge in [0.2, 0.25) is 0 Å². The molecule has 0 aliphatic heterocycles. The van der Waals surface area contributed by atoms with E-state index < -0.39 is 0 Å². The number of nitrogen functional groups attached to an aromatic ring is 1. The van der Waals surface area contributed by atoms with E-state index in [0.29, 0.717) is 24.3 Å². The Morgan fingerprint density at radius 2 is 1.93 bits per heavy atom. The molecule has 0 spiro atoms. The summed E-state index contributed by atoms with van der Waals surface area (Å²) in [5, 5.41) is 3.63. The number of nitrogens with zero attached hydrogens (tertiary/aromatic N) is 3. The molecule has 3 N–H and O–H groups in total. The summed E-state index contributed by atoms with van der Waals surface area (Å²) in [6.45, 7) is 2.29. The molecule has 4 rings (SSSR count). The Bertz CT molecular complexity index is 1240. The van der Waals surface area contributed by atoms with Crippen LogP contribution < -0.4 is 11.1 Å². The Balaban J connectivity index is 1.47. The number of nitrogens with one attached hydrogen (secondary N) is 1. The van der Waals surface area contributed by atoms with Crippen LogP contribution in [0.2, 0.25) is 0 Å². The van der Waals surface area contributed by atoms with Gasteiger partial charge in [-0.3, -0.25) is 14.8 Å². The van der Waals surface area contributed by atoms with Crippen LogP contribution >= 0.6 is 0 Å². The van der Waals surface area contributed by atoms with E-state index in [1.807, 2.05) is 25.1 Å². The highest BCUT2D eigenvalue weighted by Crippen LogP contribution is 2.17. The first-order chi connectivity index (χ1) is 14.5. The number of aromatic nitrogens is 3. The highest BCUT2D eigenvalue weighted by molar-refractivity contribution is 5.94. The van der Waals surface area contributed by atoms with Crippen molar-refractivity contribution >= 4 is 22.6 Å². The van der Waals surface area contributed by atoms with Gasteiger partial charge >= 0.3 is 0 Å². The van der Waals surface area contributed by atoms with Crippen LogP contribution in [0.1, 0.15) is 32.7 Å². The molecule has 0 saturated carbocycles. The summed E-state index contributed by atoms with van der Waals surface area (Å²) in [5.41, 5.74) is 10.5. The first-order valence-corrected chi connectivity index (χ1v) is 9.46. The SMILES string of the molecule is Cc1cc(N)ncc1CNC(=O)c1ccnc(Cc2ccc3ncc(F)cc3c2)c1. The molecular weight excluding hydrogens is 381 g/mol. The van der Waals surface area contributed by atoms with Gasteiger partial charge in [0.05, 0.1) is 11.7 Å². The molecule has 3 aromatic heterocycles. The summed E-state index contributed by atoms with van der Waals surface area (Å²) in [6.07, 6.45) is 5.00. The van der Waals surface area contributed by atoms with Gasteiger partial charge in [-0.25, -0.2) is 9.37 Å². The Kier molecular flexibility index (Phi) is 5.34. The summed E-state index contributed by atoms with van der Waals surface area (Å²) >= 11 is 0. The monoisotopic (exact) mass is 401 g/mol. The number of hydrogen-bond acceptors (Lipinski definition) is 5. The van der Waals surface area contributed by atoms with Crippen LogP contribution in [0, 0.1) is 12.7 Å². The predicted molar refractivity (Wildman–Crippen MR) is 113 cm³/mol. The first kappa shape index (κ1) is 19.4. The van der Waals surface area contributed by atoms with Crippen molar-refractivity contribution in [2.45, 2.75) is 19.9 Å². The molecule has 1 amide bonds. The van der Waals surface area contributed by atoms with E-state index >= 15 is 0 Å². The molecular formula is C23H20FN5O. The molecule has 4 aromatic rings. The minimum atomic E-state index is -0.372. The van der Waals surface area contributed by atoms with Gasteiger partial charge in [0.15, 0.2) is 0 Å². The summed E-state index contributed by atoms with van der Waals surface area (Å²) in [5.74, 6) is -0.115. The molecule has 150 valence electrons. The molecule has 0 bridgehead atoms. The van der Waals surface area contributed by atoms with Crippen LogP contribution in [0.15, 0.2) is 61.1 Å². The van der Waals surface area contributed by atoms with Crippen molar-refractivity contribution in [2.24, 2.45) is 0 Å². The van der Waals surface area contributed by atoms with Crippen LogP contribution in [-0.2, 0) is 13.0 Å². The van der Waals surface area contributed by atoms with E-state index in [1.165, 1.54) is 12.3 Å². The normalized spacial score (nSPS) is 10.9. The molecule has 1 aromatic carbocycles. The molecule has 0 atom stereocenters. The van der Waals surface area contributed by atoms with Crippen LogP contribution in [0.3, 0.4) is 0 Å². The van der Waals surface area contributed by atoms with Crippen LogP contribution in [-0.4, -0.2) is 20.9 Å². The van der Waals surface area contributed by atoms with E-state index in [4.69, 9.17) is 5.73 Å². The van der Waals surface area contributed by atoms with E-state index in [9.17, 15) is 9.18 Å². The highest BCUT2D eigenvalue weighted by atomic mass is 19.1. The quantitative estimate of drug-likeness (QED) is 0.533. The molecule has 0 fully saturated rings. The van der Waals surface area contributed by atoms with Gasteiger partial charge in [0.1, 0.15) is 11.6 Å². The fourth-order valence-electron chi connectivity index (χ4n) is 3.26. The Hall–Kier alpha value is -3.87. The summed E-state index contributed by atoms with van der Waals surface area (Å²) < 4.78 is 13.4. The number of carbonyl (C=O) groups is 1. The van der Waals surface area contributed by atoms with Gasteiger partial charge in [0, 0.05) is 42.0 Å². The number of fused-ring (bicyclic) bond motifs is 1. The second-order valence-corrected chi connectivity index (χ2v) is 7.11. The van der Waals surface area contributed by atoms with Gasteiger partial charge in [-0.05, 0) is 60.0 Å². The Morgan fingerprint density at radius 1 is 1.07 bits per heavy atom. The molecule has 30 heavy (non-hydrogen) atoms. The lowest BCUT2D eigenvalue weighted by atomic mass is 10.0. The molecule has 6 nitrogen and oxygen atoms in total. The van der Waals surface area contributed by atoms with E-state index in [2.05, 4.69) is 20.3 Å². The van der Waals surface area contributed by atoms with Gasteiger partial charge in [-0.1, -0.05) is 6.07 Å². The van der Waals surface area contributed by atoms with Gasteiger partial charge < -0.3 is 11.1 Å². The van der Waals surface area contributed by atoms with E-state index in [0.717, 1.165) is 33.3 Å². The van der Waals surface area contributed by atoms with Crippen molar-refractivity contribution in [2.75, 3.05) is 5.73 Å². The number of aryl methyl sites for hydroxylation is 1. The fraction of sp³-hybridized carbons (Fsp3) is 0.130. The van der Waals surface area contributed by atoms with E-state index in [-0.39, 0.29) is 11.7 Å². The number of hydrogen-bond donors (Lipinski definition) is 2. The Labute approximate surface area is 173 Å². The van der Waals surface area contributed by atoms with Gasteiger partial charge in [-0.15, -0.1) is 0 Å². The number of anilines is 1. The summed E-state index contributed by atoms with van der Waals surface area (Å²) in [4.78, 5) is 25.1. The molecule has 3 heterocycles. The molecule has 7 heteroatoms. The number of amides is 1. The van der Waals surface area contributed by atoms with Crippen molar-refractivity contribution in [3.63, 3.8) is 0 Å². The maximum Gasteiger partial charge on any atom is 0.251 e. The zero-order valence-corrected chi connectivity index (χ0v) is 16.4. The Morgan fingerprint density at radius 3 is 2.77 bits per heavy atom. The molecule has 0 aliphatic carbocycles. The first-order valence-electron chi connectivity index (χ1n) is 9.46. The number of benzene rings is 1. The minimum absolute atomic E-state index is 0.195. The lowest BCUT2D eigenvalue weighted by Crippen LogP contribution is -2.23. The van der Waals surface area contributed by atoms with Gasteiger partial charge in [0.25, 0.3) is 5.91 Å².